The summed E-state index contributed by atoms with van der Waals surface area (Å²) in [6, 6.07) is 0. The van der Waals surface area contributed by atoms with Crippen LogP contribution in [-0.4, -0.2) is 24.6 Å². The summed E-state index contributed by atoms with van der Waals surface area (Å²) in [5.41, 5.74) is 0. The number of carbonyl (C=O) groups excluding carboxylic acids is 1. The minimum Gasteiger partial charge on any atom is -0.465 e. The Bertz CT molecular complexity index is 115. The number of esters is 1. The third-order valence-corrected chi connectivity index (χ3v) is 2.10. The van der Waals surface area contributed by atoms with Gasteiger partial charge in [-0.2, -0.15) is 11.8 Å². The first-order valence-corrected chi connectivity index (χ1v) is 5.27. The van der Waals surface area contributed by atoms with Crippen molar-refractivity contribution in [2.24, 2.45) is 5.92 Å². The fourth-order valence-electron chi connectivity index (χ4n) is 0.663. The zero-order valence-electron chi connectivity index (χ0n) is 7.42. The first kappa shape index (κ1) is 10.8. The predicted octanol–water partition coefficient (Wildman–Crippen LogP) is 1.94. The molecule has 0 aromatic heterocycles. The van der Waals surface area contributed by atoms with Crippen molar-refractivity contribution in [1.29, 1.82) is 0 Å². The van der Waals surface area contributed by atoms with Gasteiger partial charge in [-0.3, -0.25) is 4.79 Å². The fraction of sp³-hybridized carbons (Fsp3) is 0.875. The highest BCUT2D eigenvalue weighted by atomic mass is 32.2. The lowest BCUT2D eigenvalue weighted by atomic mass is 10.2. The van der Waals surface area contributed by atoms with E-state index in [2.05, 4.69) is 0 Å². The van der Waals surface area contributed by atoms with E-state index >= 15 is 0 Å². The van der Waals surface area contributed by atoms with Crippen LogP contribution in [-0.2, 0) is 9.53 Å². The molecule has 0 saturated carbocycles. The fourth-order valence-corrected chi connectivity index (χ4v) is 1.30. The Hall–Kier alpha value is -0.180. The first-order valence-electron chi connectivity index (χ1n) is 3.88. The maximum Gasteiger partial charge on any atom is 0.309 e. The molecule has 0 heterocycles. The molecule has 0 saturated heterocycles. The van der Waals surface area contributed by atoms with Crippen molar-refractivity contribution in [3.8, 4) is 0 Å². The van der Waals surface area contributed by atoms with Crippen LogP contribution in [0, 0.1) is 5.92 Å². The van der Waals surface area contributed by atoms with E-state index in [1.807, 2.05) is 20.1 Å². The van der Waals surface area contributed by atoms with Gasteiger partial charge in [0.2, 0.25) is 0 Å². The van der Waals surface area contributed by atoms with E-state index in [4.69, 9.17) is 4.74 Å². The molecule has 0 N–H and O–H groups in total. The zero-order valence-corrected chi connectivity index (χ0v) is 8.24. The van der Waals surface area contributed by atoms with Crippen LogP contribution >= 0.6 is 11.8 Å². The van der Waals surface area contributed by atoms with Crippen molar-refractivity contribution in [1.82, 2.24) is 0 Å². The van der Waals surface area contributed by atoms with Crippen LogP contribution in [0.25, 0.3) is 0 Å². The van der Waals surface area contributed by atoms with Crippen LogP contribution in [0.3, 0.4) is 0 Å². The van der Waals surface area contributed by atoms with Crippen molar-refractivity contribution < 1.29 is 9.53 Å². The Balaban J connectivity index is 3.47. The van der Waals surface area contributed by atoms with E-state index < -0.39 is 0 Å². The summed E-state index contributed by atoms with van der Waals surface area (Å²) in [6.07, 6.45) is 2.89. The molecule has 66 valence electrons. The minimum atomic E-state index is -0.0683. The maximum absolute atomic E-state index is 11.1. The number of thioether (sulfide) groups is 1. The average molecular weight is 176 g/mol. The zero-order chi connectivity index (χ0) is 8.69. The van der Waals surface area contributed by atoms with Crippen LogP contribution in [0.4, 0.5) is 0 Å². The number of ether oxygens (including phenoxy) is 1. The van der Waals surface area contributed by atoms with Gasteiger partial charge in [-0.05, 0) is 12.7 Å². The van der Waals surface area contributed by atoms with Gasteiger partial charge in [0.05, 0.1) is 12.5 Å². The van der Waals surface area contributed by atoms with Gasteiger partial charge in [0.15, 0.2) is 0 Å². The quantitative estimate of drug-likeness (QED) is 0.599. The lowest BCUT2D eigenvalue weighted by Crippen LogP contribution is -2.17. The molecule has 11 heavy (non-hydrogen) atoms. The van der Waals surface area contributed by atoms with Crippen LogP contribution in [0.2, 0.25) is 0 Å². The van der Waals surface area contributed by atoms with Gasteiger partial charge in [0.1, 0.15) is 0 Å². The molecule has 0 aliphatic heterocycles. The molecule has 0 rings (SSSR count). The Morgan fingerprint density at radius 2 is 2.27 bits per heavy atom. The van der Waals surface area contributed by atoms with Gasteiger partial charge >= 0.3 is 5.97 Å². The summed E-state index contributed by atoms with van der Waals surface area (Å²) in [4.78, 5) is 11.1. The lowest BCUT2D eigenvalue weighted by Gasteiger charge is -2.08. The lowest BCUT2D eigenvalue weighted by molar-refractivity contribution is -0.147. The van der Waals surface area contributed by atoms with Crippen molar-refractivity contribution in [2.75, 3.05) is 18.6 Å². The van der Waals surface area contributed by atoms with Crippen molar-refractivity contribution >= 4 is 17.7 Å². The SMILES string of the molecule is CCCOC(=O)C(C)CSC. The summed E-state index contributed by atoms with van der Waals surface area (Å²) in [5, 5.41) is 0. The number of hydrogen-bond acceptors (Lipinski definition) is 3. The summed E-state index contributed by atoms with van der Waals surface area (Å²) in [7, 11) is 0. The summed E-state index contributed by atoms with van der Waals surface area (Å²) in [5.74, 6) is 0.820. The van der Waals surface area contributed by atoms with Gasteiger partial charge in [0.25, 0.3) is 0 Å². The van der Waals surface area contributed by atoms with Gasteiger partial charge in [-0.25, -0.2) is 0 Å². The minimum absolute atomic E-state index is 0.0385. The second-order valence-electron chi connectivity index (χ2n) is 2.52. The third kappa shape index (κ3) is 5.13. The Labute approximate surface area is 72.7 Å². The molecular formula is C8H16O2S. The molecule has 0 aromatic rings. The standard InChI is InChI=1S/C8H16O2S/c1-4-5-10-8(9)7(2)6-11-3/h7H,4-6H2,1-3H3. The van der Waals surface area contributed by atoms with Gasteiger partial charge in [0, 0.05) is 5.75 Å². The average Bonchev–Trinajstić information content (AvgIpc) is 2.00. The predicted molar refractivity (Wildman–Crippen MR) is 48.8 cm³/mol. The summed E-state index contributed by atoms with van der Waals surface area (Å²) in [6.45, 7) is 4.44. The molecule has 0 radical (unpaired) electrons. The molecule has 0 spiro atoms. The molecule has 1 unspecified atom stereocenters. The number of hydrogen-bond donors (Lipinski definition) is 0. The van der Waals surface area contributed by atoms with E-state index in [9.17, 15) is 4.79 Å². The van der Waals surface area contributed by atoms with E-state index in [-0.39, 0.29) is 11.9 Å². The van der Waals surface area contributed by atoms with E-state index in [0.717, 1.165) is 12.2 Å². The van der Waals surface area contributed by atoms with Gasteiger partial charge in [-0.1, -0.05) is 13.8 Å². The van der Waals surface area contributed by atoms with Crippen LogP contribution in [0.15, 0.2) is 0 Å². The molecule has 0 aliphatic rings. The van der Waals surface area contributed by atoms with Crippen molar-refractivity contribution in [2.45, 2.75) is 20.3 Å². The third-order valence-electron chi connectivity index (χ3n) is 1.27. The Morgan fingerprint density at radius 1 is 1.64 bits per heavy atom. The Kier molecular flexibility index (Phi) is 6.42. The number of carbonyl (C=O) groups is 1. The van der Waals surface area contributed by atoms with Crippen LogP contribution in [0.5, 0.6) is 0 Å². The molecule has 0 amide bonds. The Morgan fingerprint density at radius 3 is 2.73 bits per heavy atom. The maximum atomic E-state index is 11.1. The molecule has 0 fully saturated rings. The highest BCUT2D eigenvalue weighted by Crippen LogP contribution is 2.06. The molecule has 0 bridgehead atoms. The van der Waals surface area contributed by atoms with Crippen molar-refractivity contribution in [3.63, 3.8) is 0 Å². The second-order valence-corrected chi connectivity index (χ2v) is 3.43. The smallest absolute Gasteiger partial charge is 0.309 e. The molecule has 0 aliphatic carbocycles. The molecule has 1 atom stereocenters. The van der Waals surface area contributed by atoms with Crippen LogP contribution in [0.1, 0.15) is 20.3 Å². The highest BCUT2D eigenvalue weighted by molar-refractivity contribution is 7.98. The van der Waals surface area contributed by atoms with E-state index in [1.54, 1.807) is 11.8 Å². The molecule has 3 heteroatoms. The molecular weight excluding hydrogens is 160 g/mol. The second kappa shape index (κ2) is 6.53. The van der Waals surface area contributed by atoms with E-state index in [1.165, 1.54) is 0 Å². The number of rotatable bonds is 5. The monoisotopic (exact) mass is 176 g/mol. The molecule has 0 aromatic carbocycles. The van der Waals surface area contributed by atoms with Crippen molar-refractivity contribution in [3.05, 3.63) is 0 Å². The van der Waals surface area contributed by atoms with Gasteiger partial charge < -0.3 is 4.74 Å². The van der Waals surface area contributed by atoms with E-state index in [0.29, 0.717) is 6.61 Å². The highest BCUT2D eigenvalue weighted by Gasteiger charge is 2.12. The topological polar surface area (TPSA) is 26.3 Å². The van der Waals surface area contributed by atoms with Gasteiger partial charge in [-0.15, -0.1) is 0 Å². The summed E-state index contributed by atoms with van der Waals surface area (Å²) >= 11 is 1.67. The molecule has 2 nitrogen and oxygen atoms in total. The first-order chi connectivity index (χ1) is 5.22. The normalized spacial score (nSPS) is 12.6. The summed E-state index contributed by atoms with van der Waals surface area (Å²) < 4.78 is 4.95. The van der Waals surface area contributed by atoms with Crippen LogP contribution < -0.4 is 0 Å². The largest absolute Gasteiger partial charge is 0.465 e.